The summed E-state index contributed by atoms with van der Waals surface area (Å²) in [6, 6.07) is 7.43. The minimum atomic E-state index is -0.949. The van der Waals surface area contributed by atoms with Crippen LogP contribution < -0.4 is 4.74 Å². The average Bonchev–Trinajstić information content (AvgIpc) is 3.45. The van der Waals surface area contributed by atoms with Crippen LogP contribution in [0, 0.1) is 10.8 Å². The SMILES string of the molecule is COc1ccc(CN2C(=O)C34[C@@H]5C=C[C@@H](O5)C3(C2=O)[C@@H]2C=C[C@H]4O2)cc1. The second-order valence-corrected chi connectivity index (χ2v) is 7.51. The van der Waals surface area contributed by atoms with Crippen molar-refractivity contribution in [3.8, 4) is 5.75 Å². The van der Waals surface area contributed by atoms with E-state index in [2.05, 4.69) is 0 Å². The molecule has 5 heterocycles. The Morgan fingerprint density at radius 2 is 1.35 bits per heavy atom. The van der Waals surface area contributed by atoms with E-state index in [1.54, 1.807) is 7.11 Å². The minimum absolute atomic E-state index is 0.174. The third-order valence-electron chi connectivity index (χ3n) is 6.69. The largest absolute Gasteiger partial charge is 0.497 e. The highest BCUT2D eigenvalue weighted by Gasteiger charge is 2.88. The summed E-state index contributed by atoms with van der Waals surface area (Å²) in [7, 11) is 1.61. The number of hydrogen-bond donors (Lipinski definition) is 0. The van der Waals surface area contributed by atoms with Crippen LogP contribution in [0.25, 0.3) is 0 Å². The van der Waals surface area contributed by atoms with Crippen LogP contribution in [0.4, 0.5) is 0 Å². The van der Waals surface area contributed by atoms with Crippen LogP contribution in [0.3, 0.4) is 0 Å². The molecule has 0 N–H and O–H groups in total. The normalized spacial score (nSPS) is 43.5. The number of nitrogens with zero attached hydrogens (tertiary/aromatic N) is 1. The zero-order valence-electron chi connectivity index (χ0n) is 14.1. The summed E-state index contributed by atoms with van der Waals surface area (Å²) in [6.45, 7) is 0.254. The summed E-state index contributed by atoms with van der Waals surface area (Å²) in [4.78, 5) is 28.5. The Morgan fingerprint density at radius 1 is 0.885 bits per heavy atom. The van der Waals surface area contributed by atoms with Crippen molar-refractivity contribution in [1.29, 1.82) is 0 Å². The van der Waals surface area contributed by atoms with Gasteiger partial charge in [-0.25, -0.2) is 0 Å². The third kappa shape index (κ3) is 1.27. The third-order valence-corrected chi connectivity index (χ3v) is 6.69. The minimum Gasteiger partial charge on any atom is -0.497 e. The molecule has 3 saturated heterocycles. The monoisotopic (exact) mass is 351 g/mol. The number of methoxy groups -OCH3 is 1. The molecule has 0 aliphatic carbocycles. The molecule has 3 fully saturated rings. The van der Waals surface area contributed by atoms with Gasteiger partial charge in [-0.05, 0) is 17.7 Å². The van der Waals surface area contributed by atoms with E-state index in [-0.39, 0.29) is 18.4 Å². The van der Waals surface area contributed by atoms with Gasteiger partial charge in [-0.15, -0.1) is 0 Å². The number of ether oxygens (including phenoxy) is 3. The highest BCUT2D eigenvalue weighted by atomic mass is 16.6. The maximum absolute atomic E-state index is 13.6. The summed E-state index contributed by atoms with van der Waals surface area (Å²) in [5.41, 5.74) is -1.01. The standard InChI is InChI=1S/C20H17NO5/c1-24-12-4-2-11(3-5-12)10-21-17(22)19-13-6-7-14(25-13)20(19,18(21)23)16-9-8-15(19)26-16/h2-9,13-16H,10H2,1H3/t13-,14+,15+,16-,19?,20?. The van der Waals surface area contributed by atoms with Crippen LogP contribution in [0.15, 0.2) is 48.6 Å². The van der Waals surface area contributed by atoms with Crippen molar-refractivity contribution in [3.05, 3.63) is 54.1 Å². The van der Waals surface area contributed by atoms with Crippen molar-refractivity contribution in [3.63, 3.8) is 0 Å². The fourth-order valence-corrected chi connectivity index (χ4v) is 5.64. The lowest BCUT2D eigenvalue weighted by Gasteiger charge is -2.37. The molecule has 0 spiro atoms. The number of fused-ring (bicyclic) bond motifs is 4. The Labute approximate surface area is 150 Å². The van der Waals surface area contributed by atoms with Crippen LogP contribution in [0.5, 0.6) is 5.75 Å². The molecule has 5 aliphatic rings. The number of hydrogen-bond acceptors (Lipinski definition) is 5. The molecule has 6 nitrogen and oxygen atoms in total. The maximum Gasteiger partial charge on any atom is 0.243 e. The smallest absolute Gasteiger partial charge is 0.243 e. The molecular weight excluding hydrogens is 334 g/mol. The number of carbonyl (C=O) groups excluding carboxylic acids is 2. The zero-order chi connectivity index (χ0) is 17.7. The lowest BCUT2D eigenvalue weighted by Crippen LogP contribution is -2.56. The van der Waals surface area contributed by atoms with E-state index in [9.17, 15) is 9.59 Å². The van der Waals surface area contributed by atoms with Gasteiger partial charge in [-0.2, -0.15) is 0 Å². The predicted molar refractivity (Wildman–Crippen MR) is 89.0 cm³/mol. The molecule has 1 aromatic rings. The number of likely N-dealkylation sites (tertiary alicyclic amines) is 1. The topological polar surface area (TPSA) is 65.1 Å². The Bertz CT molecular complexity index is 827. The van der Waals surface area contributed by atoms with E-state index in [0.29, 0.717) is 0 Å². The molecule has 0 aromatic heterocycles. The summed E-state index contributed by atoms with van der Waals surface area (Å²) in [5, 5.41) is 0. The summed E-state index contributed by atoms with van der Waals surface area (Å²) in [6.07, 6.45) is 6.08. The number of benzene rings is 1. The van der Waals surface area contributed by atoms with Gasteiger partial charge in [0, 0.05) is 0 Å². The number of imide groups is 1. The lowest BCUT2D eigenvalue weighted by atomic mass is 9.54. The first kappa shape index (κ1) is 14.7. The van der Waals surface area contributed by atoms with Crippen LogP contribution >= 0.6 is 0 Å². The van der Waals surface area contributed by atoms with E-state index >= 15 is 0 Å². The van der Waals surface area contributed by atoms with Crippen LogP contribution in [0.2, 0.25) is 0 Å². The summed E-state index contributed by atoms with van der Waals surface area (Å²) in [5.74, 6) is 0.393. The van der Waals surface area contributed by atoms with Crippen LogP contribution in [-0.4, -0.2) is 48.2 Å². The Morgan fingerprint density at radius 3 is 1.77 bits per heavy atom. The first-order valence-corrected chi connectivity index (χ1v) is 8.81. The van der Waals surface area contributed by atoms with Gasteiger partial charge in [0.05, 0.1) is 38.1 Å². The van der Waals surface area contributed by atoms with Gasteiger partial charge >= 0.3 is 0 Å². The van der Waals surface area contributed by atoms with Crippen molar-refractivity contribution >= 4 is 11.8 Å². The number of amides is 2. The molecule has 2 unspecified atom stereocenters. The molecule has 4 bridgehead atoms. The first-order valence-electron chi connectivity index (χ1n) is 8.81. The van der Waals surface area contributed by atoms with Crippen molar-refractivity contribution in [1.82, 2.24) is 4.90 Å². The van der Waals surface area contributed by atoms with Gasteiger partial charge in [0.1, 0.15) is 16.6 Å². The van der Waals surface area contributed by atoms with Crippen molar-refractivity contribution in [2.75, 3.05) is 7.11 Å². The van der Waals surface area contributed by atoms with E-state index in [4.69, 9.17) is 14.2 Å². The van der Waals surface area contributed by atoms with Gasteiger partial charge in [0.15, 0.2) is 0 Å². The van der Waals surface area contributed by atoms with Crippen LogP contribution in [0.1, 0.15) is 5.56 Å². The second kappa shape index (κ2) is 4.45. The Hall–Kier alpha value is -2.44. The zero-order valence-corrected chi connectivity index (χ0v) is 14.1. The molecule has 132 valence electrons. The molecule has 26 heavy (non-hydrogen) atoms. The molecule has 6 heteroatoms. The quantitative estimate of drug-likeness (QED) is 0.605. The molecular formula is C20H17NO5. The average molecular weight is 351 g/mol. The summed E-state index contributed by atoms with van der Waals surface area (Å²) >= 11 is 0. The van der Waals surface area contributed by atoms with E-state index in [0.717, 1.165) is 11.3 Å². The maximum atomic E-state index is 13.6. The molecule has 0 saturated carbocycles. The first-order chi connectivity index (χ1) is 12.6. The van der Waals surface area contributed by atoms with Gasteiger partial charge in [0.25, 0.3) is 0 Å². The highest BCUT2D eigenvalue weighted by Crippen LogP contribution is 2.72. The van der Waals surface area contributed by atoms with Gasteiger partial charge < -0.3 is 14.2 Å². The van der Waals surface area contributed by atoms with E-state index < -0.39 is 35.2 Å². The number of rotatable bonds is 3. The second-order valence-electron chi connectivity index (χ2n) is 7.51. The fourth-order valence-electron chi connectivity index (χ4n) is 5.64. The van der Waals surface area contributed by atoms with Gasteiger partial charge in [-0.3, -0.25) is 14.5 Å². The molecule has 5 aliphatic heterocycles. The van der Waals surface area contributed by atoms with Gasteiger partial charge in [0.2, 0.25) is 11.8 Å². The van der Waals surface area contributed by atoms with Crippen molar-refractivity contribution < 1.29 is 23.8 Å². The molecule has 2 amide bonds. The van der Waals surface area contributed by atoms with E-state index in [1.807, 2.05) is 48.6 Å². The molecule has 0 radical (unpaired) electrons. The summed E-state index contributed by atoms with van der Waals surface area (Å²) < 4.78 is 17.2. The highest BCUT2D eigenvalue weighted by molar-refractivity contribution is 6.13. The van der Waals surface area contributed by atoms with Crippen molar-refractivity contribution in [2.24, 2.45) is 10.8 Å². The Kier molecular flexibility index (Phi) is 2.51. The molecule has 6 atom stereocenters. The van der Waals surface area contributed by atoms with Crippen LogP contribution in [-0.2, 0) is 25.6 Å². The number of carbonyl (C=O) groups is 2. The fraction of sp³-hybridized carbons (Fsp3) is 0.400. The molecule has 1 aromatic carbocycles. The Balaban J connectivity index is 1.44. The predicted octanol–water partition coefficient (Wildman–Crippen LogP) is 1.21. The van der Waals surface area contributed by atoms with Gasteiger partial charge in [-0.1, -0.05) is 36.4 Å². The van der Waals surface area contributed by atoms with E-state index in [1.165, 1.54) is 4.90 Å². The molecule has 6 rings (SSSR count). The van der Waals surface area contributed by atoms with Crippen molar-refractivity contribution in [2.45, 2.75) is 31.0 Å². The lowest BCUT2D eigenvalue weighted by molar-refractivity contribution is -0.151.